The molecule has 140 valence electrons. The highest BCUT2D eigenvalue weighted by atomic mass is 17.1. The standard InChI is InChI=1S/C19H24BNO2.CH4O2/c1-11-7-15(20)8-12(2)18(11)19-16(22)9-14(10-17(19)23)13-3-5-21-6-4-13;1-3-2/h7-8,13-14,19,21H,3-6,9-10H2,1-2H3;2H,1H3. The van der Waals surface area contributed by atoms with E-state index >= 15 is 0 Å². The number of benzene rings is 1. The summed E-state index contributed by atoms with van der Waals surface area (Å²) < 4.78 is 0. The van der Waals surface area contributed by atoms with Gasteiger partial charge >= 0.3 is 0 Å². The normalized spacial score (nSPS) is 24.2. The van der Waals surface area contributed by atoms with E-state index < -0.39 is 5.92 Å². The first kappa shape index (κ1) is 20.8. The molecule has 2 fully saturated rings. The molecule has 1 saturated carbocycles. The van der Waals surface area contributed by atoms with Crippen molar-refractivity contribution in [2.24, 2.45) is 11.8 Å². The number of Topliss-reactive ketones (excluding diaryl/α,β-unsaturated/α-hetero) is 2. The maximum absolute atomic E-state index is 12.8. The van der Waals surface area contributed by atoms with E-state index in [2.05, 4.69) is 10.2 Å². The summed E-state index contributed by atoms with van der Waals surface area (Å²) in [6.07, 6.45) is 3.25. The lowest BCUT2D eigenvalue weighted by atomic mass is 9.68. The Balaban J connectivity index is 0.000000758. The first-order chi connectivity index (χ1) is 12.4. The Bertz CT molecular complexity index is 614. The largest absolute Gasteiger partial charge is 0.317 e. The zero-order valence-electron chi connectivity index (χ0n) is 15.9. The monoisotopic (exact) mass is 357 g/mol. The van der Waals surface area contributed by atoms with E-state index in [1.807, 2.05) is 26.0 Å². The first-order valence-electron chi connectivity index (χ1n) is 9.19. The van der Waals surface area contributed by atoms with Crippen molar-refractivity contribution in [1.82, 2.24) is 5.32 Å². The predicted octanol–water partition coefficient (Wildman–Crippen LogP) is 1.83. The van der Waals surface area contributed by atoms with Gasteiger partial charge < -0.3 is 5.32 Å². The van der Waals surface area contributed by atoms with Crippen molar-refractivity contribution in [3.8, 4) is 0 Å². The summed E-state index contributed by atoms with van der Waals surface area (Å²) in [6, 6.07) is 3.73. The second-order valence-electron chi connectivity index (χ2n) is 7.37. The topological polar surface area (TPSA) is 75.6 Å². The van der Waals surface area contributed by atoms with Crippen LogP contribution in [0.25, 0.3) is 0 Å². The highest BCUT2D eigenvalue weighted by Crippen LogP contribution is 2.38. The molecule has 26 heavy (non-hydrogen) atoms. The van der Waals surface area contributed by atoms with Crippen LogP contribution in [0.1, 0.15) is 48.3 Å². The lowest BCUT2D eigenvalue weighted by molar-refractivity contribution is -0.214. The van der Waals surface area contributed by atoms with Crippen molar-refractivity contribution in [1.29, 1.82) is 0 Å². The highest BCUT2D eigenvalue weighted by Gasteiger charge is 2.40. The summed E-state index contributed by atoms with van der Waals surface area (Å²) in [7, 11) is 7.05. The second-order valence-corrected chi connectivity index (χ2v) is 7.37. The third-order valence-electron chi connectivity index (χ3n) is 5.53. The van der Waals surface area contributed by atoms with Crippen LogP contribution in [0.4, 0.5) is 0 Å². The Hall–Kier alpha value is -1.50. The Morgan fingerprint density at radius 2 is 1.50 bits per heavy atom. The quantitative estimate of drug-likeness (QED) is 0.366. The first-order valence-corrected chi connectivity index (χ1v) is 9.19. The van der Waals surface area contributed by atoms with Crippen LogP contribution in [0.3, 0.4) is 0 Å². The Morgan fingerprint density at radius 1 is 1.04 bits per heavy atom. The minimum Gasteiger partial charge on any atom is -0.317 e. The van der Waals surface area contributed by atoms with Gasteiger partial charge in [-0.2, -0.15) is 0 Å². The van der Waals surface area contributed by atoms with E-state index in [4.69, 9.17) is 13.1 Å². The molecule has 0 unspecified atom stereocenters. The third-order valence-corrected chi connectivity index (χ3v) is 5.53. The molecule has 1 saturated heterocycles. The number of rotatable bonds is 2. The van der Waals surface area contributed by atoms with Crippen LogP contribution < -0.4 is 10.8 Å². The maximum atomic E-state index is 12.8. The molecule has 3 rings (SSSR count). The maximum Gasteiger partial charge on any atom is 0.148 e. The molecule has 0 spiro atoms. The SMILES string of the molecule is COO.[B]c1cc(C)c(C2C(=O)CC(C3CCNCC3)CC2=O)c(C)c1. The van der Waals surface area contributed by atoms with Crippen molar-refractivity contribution < 1.29 is 19.7 Å². The van der Waals surface area contributed by atoms with Crippen molar-refractivity contribution in [3.05, 3.63) is 28.8 Å². The number of aryl methyl sites for hydroxylation is 2. The Kier molecular flexibility index (Phi) is 7.56. The van der Waals surface area contributed by atoms with Gasteiger partial charge in [0, 0.05) is 12.8 Å². The molecule has 0 bridgehead atoms. The number of piperidine rings is 1. The summed E-state index contributed by atoms with van der Waals surface area (Å²) in [5.74, 6) is 0.372. The molecule has 0 atom stereocenters. The Labute approximate surface area is 156 Å². The summed E-state index contributed by atoms with van der Waals surface area (Å²) in [6.45, 7) is 5.89. The van der Waals surface area contributed by atoms with Crippen LogP contribution >= 0.6 is 0 Å². The third kappa shape index (κ3) is 4.81. The van der Waals surface area contributed by atoms with E-state index in [9.17, 15) is 9.59 Å². The lowest BCUT2D eigenvalue weighted by Gasteiger charge is -2.35. The fraction of sp³-hybridized carbons (Fsp3) is 0.600. The molecule has 1 aromatic carbocycles. The van der Waals surface area contributed by atoms with E-state index in [-0.39, 0.29) is 17.5 Å². The van der Waals surface area contributed by atoms with Gasteiger partial charge in [-0.25, -0.2) is 4.89 Å². The number of hydrogen-bond donors (Lipinski definition) is 2. The van der Waals surface area contributed by atoms with Gasteiger partial charge in [-0.05, 0) is 68.3 Å². The van der Waals surface area contributed by atoms with Gasteiger partial charge in [0.15, 0.2) is 0 Å². The molecule has 2 aliphatic rings. The second kappa shape index (κ2) is 9.44. The van der Waals surface area contributed by atoms with Gasteiger partial charge in [-0.3, -0.25) is 14.8 Å². The number of nitrogens with one attached hydrogen (secondary N) is 1. The summed E-state index contributed by atoms with van der Waals surface area (Å²) in [5.41, 5.74) is 3.48. The average Bonchev–Trinajstić information content (AvgIpc) is 2.58. The Morgan fingerprint density at radius 3 is 1.96 bits per heavy atom. The molecule has 0 aromatic heterocycles. The zero-order chi connectivity index (χ0) is 19.3. The number of hydrogen-bond acceptors (Lipinski definition) is 5. The van der Waals surface area contributed by atoms with Crippen molar-refractivity contribution in [3.63, 3.8) is 0 Å². The molecule has 1 aromatic rings. The van der Waals surface area contributed by atoms with E-state index in [1.165, 1.54) is 7.11 Å². The molecule has 6 heteroatoms. The van der Waals surface area contributed by atoms with Crippen LogP contribution in [0.5, 0.6) is 0 Å². The number of carbonyl (C=O) groups is 2. The smallest absolute Gasteiger partial charge is 0.148 e. The summed E-state index contributed by atoms with van der Waals surface area (Å²) >= 11 is 0. The van der Waals surface area contributed by atoms with Gasteiger partial charge in [0.25, 0.3) is 0 Å². The van der Waals surface area contributed by atoms with Gasteiger partial charge in [0.05, 0.1) is 7.11 Å². The van der Waals surface area contributed by atoms with Crippen LogP contribution in [0, 0.1) is 25.7 Å². The van der Waals surface area contributed by atoms with Gasteiger partial charge in [-0.15, -0.1) is 0 Å². The highest BCUT2D eigenvalue weighted by molar-refractivity contribution is 6.32. The van der Waals surface area contributed by atoms with E-state index in [0.717, 1.165) is 42.6 Å². The van der Waals surface area contributed by atoms with E-state index in [0.29, 0.717) is 24.2 Å². The number of carbonyl (C=O) groups excluding carboxylic acids is 2. The average molecular weight is 357 g/mol. The predicted molar refractivity (Wildman–Crippen MR) is 102 cm³/mol. The fourth-order valence-electron chi connectivity index (χ4n) is 4.44. The van der Waals surface area contributed by atoms with Crippen LogP contribution in [-0.2, 0) is 14.5 Å². The molecule has 2 radical (unpaired) electrons. The molecular weight excluding hydrogens is 329 g/mol. The van der Waals surface area contributed by atoms with Crippen molar-refractivity contribution >= 4 is 24.9 Å². The lowest BCUT2D eigenvalue weighted by Crippen LogP contribution is -2.39. The molecule has 1 heterocycles. The minimum atomic E-state index is -0.575. The molecule has 1 aliphatic heterocycles. The molecular formula is C20H28BNO4. The molecule has 1 aliphatic carbocycles. The van der Waals surface area contributed by atoms with Crippen LogP contribution in [0.15, 0.2) is 12.1 Å². The summed E-state index contributed by atoms with van der Waals surface area (Å²) in [4.78, 5) is 28.8. The molecule has 0 amide bonds. The van der Waals surface area contributed by atoms with Gasteiger partial charge in [0.2, 0.25) is 0 Å². The minimum absolute atomic E-state index is 0.0979. The van der Waals surface area contributed by atoms with Crippen molar-refractivity contribution in [2.45, 2.75) is 45.4 Å². The van der Waals surface area contributed by atoms with Crippen molar-refractivity contribution in [2.75, 3.05) is 20.2 Å². The van der Waals surface area contributed by atoms with Gasteiger partial charge in [0.1, 0.15) is 25.3 Å². The molecule has 5 nitrogen and oxygen atoms in total. The van der Waals surface area contributed by atoms with Crippen LogP contribution in [0.2, 0.25) is 0 Å². The van der Waals surface area contributed by atoms with Crippen LogP contribution in [-0.4, -0.2) is 44.9 Å². The number of ketones is 2. The molecule has 2 N–H and O–H groups in total. The zero-order valence-corrected chi connectivity index (χ0v) is 15.9. The van der Waals surface area contributed by atoms with Gasteiger partial charge in [-0.1, -0.05) is 17.6 Å². The summed E-state index contributed by atoms with van der Waals surface area (Å²) in [5, 5.41) is 10.4. The fourth-order valence-corrected chi connectivity index (χ4v) is 4.44. The van der Waals surface area contributed by atoms with E-state index in [1.54, 1.807) is 0 Å².